The summed E-state index contributed by atoms with van der Waals surface area (Å²) in [6, 6.07) is 9.60. The first-order valence-electron chi connectivity index (χ1n) is 6.09. The Kier molecular flexibility index (Phi) is 3.85. The van der Waals surface area contributed by atoms with Gasteiger partial charge in [-0.25, -0.2) is 4.79 Å². The number of rotatable bonds is 3. The lowest BCUT2D eigenvalue weighted by molar-refractivity contribution is 0.121. The highest BCUT2D eigenvalue weighted by Gasteiger charge is 2.14. The molecule has 0 bridgehead atoms. The molecule has 0 saturated carbocycles. The fraction of sp³-hybridized carbons (Fsp3) is 0.286. The van der Waals surface area contributed by atoms with E-state index in [2.05, 4.69) is 10.4 Å². The van der Waals surface area contributed by atoms with Crippen LogP contribution in [0.4, 0.5) is 10.6 Å². The van der Waals surface area contributed by atoms with Crippen LogP contribution in [0.25, 0.3) is 0 Å². The molecule has 0 spiro atoms. The minimum absolute atomic E-state index is 0.297. The zero-order valence-electron chi connectivity index (χ0n) is 11.3. The predicted molar refractivity (Wildman–Crippen MR) is 72.9 cm³/mol. The van der Waals surface area contributed by atoms with E-state index in [-0.39, 0.29) is 6.10 Å². The minimum atomic E-state index is -0.483. The molecular weight excluding hydrogens is 242 g/mol. The summed E-state index contributed by atoms with van der Waals surface area (Å²) in [7, 11) is 1.77. The molecule has 0 radical (unpaired) electrons. The molecule has 2 rings (SSSR count). The van der Waals surface area contributed by atoms with Crippen molar-refractivity contribution < 1.29 is 9.53 Å². The number of amides is 1. The van der Waals surface area contributed by atoms with Gasteiger partial charge in [0.2, 0.25) is 0 Å². The van der Waals surface area contributed by atoms with Crippen LogP contribution in [0.3, 0.4) is 0 Å². The first kappa shape index (κ1) is 13.1. The molecular formula is C14H17N3O2. The molecule has 1 aromatic heterocycles. The first-order chi connectivity index (χ1) is 9.08. The van der Waals surface area contributed by atoms with Crippen LogP contribution in [0.1, 0.15) is 24.2 Å². The molecule has 19 heavy (non-hydrogen) atoms. The van der Waals surface area contributed by atoms with Crippen molar-refractivity contribution in [1.29, 1.82) is 0 Å². The van der Waals surface area contributed by atoms with Crippen LogP contribution in [0.5, 0.6) is 0 Å². The van der Waals surface area contributed by atoms with Crippen LogP contribution in [0.2, 0.25) is 0 Å². The Bertz CT molecular complexity index is 544. The zero-order chi connectivity index (χ0) is 13.8. The number of ether oxygens (including phenoxy) is 1. The van der Waals surface area contributed by atoms with Gasteiger partial charge in [0.1, 0.15) is 11.9 Å². The summed E-state index contributed by atoms with van der Waals surface area (Å²) >= 11 is 0. The third kappa shape index (κ3) is 3.13. The monoisotopic (exact) mass is 259 g/mol. The maximum atomic E-state index is 11.8. The van der Waals surface area contributed by atoms with Gasteiger partial charge < -0.3 is 4.74 Å². The second kappa shape index (κ2) is 5.56. The lowest BCUT2D eigenvalue weighted by Crippen LogP contribution is -2.18. The molecule has 5 nitrogen and oxygen atoms in total. The predicted octanol–water partition coefficient (Wildman–Crippen LogP) is 3.04. The van der Waals surface area contributed by atoms with Crippen LogP contribution < -0.4 is 5.32 Å². The highest BCUT2D eigenvalue weighted by molar-refractivity contribution is 5.84. The van der Waals surface area contributed by atoms with Crippen molar-refractivity contribution in [2.75, 3.05) is 5.32 Å². The summed E-state index contributed by atoms with van der Waals surface area (Å²) in [5.41, 5.74) is 1.85. The number of hydrogen-bond donors (Lipinski definition) is 1. The van der Waals surface area contributed by atoms with Crippen molar-refractivity contribution in [3.8, 4) is 0 Å². The Labute approximate surface area is 112 Å². The maximum Gasteiger partial charge on any atom is 0.413 e. The van der Waals surface area contributed by atoms with Crippen LogP contribution in [-0.2, 0) is 11.8 Å². The summed E-state index contributed by atoms with van der Waals surface area (Å²) in [6.45, 7) is 3.72. The van der Waals surface area contributed by atoms with Gasteiger partial charge in [-0.05, 0) is 19.4 Å². The van der Waals surface area contributed by atoms with E-state index in [0.717, 1.165) is 11.1 Å². The molecule has 0 saturated heterocycles. The SMILES string of the molecule is Cc1cnn(C)c1NC(=O)O[C@H](C)c1ccccc1. The Morgan fingerprint density at radius 2 is 2.05 bits per heavy atom. The Hall–Kier alpha value is -2.30. The van der Waals surface area contributed by atoms with E-state index < -0.39 is 6.09 Å². The number of carbonyl (C=O) groups is 1. The fourth-order valence-corrected chi connectivity index (χ4v) is 1.81. The summed E-state index contributed by atoms with van der Waals surface area (Å²) < 4.78 is 6.93. The zero-order valence-corrected chi connectivity index (χ0v) is 11.3. The Balaban J connectivity index is 1.99. The van der Waals surface area contributed by atoms with Gasteiger partial charge in [0.15, 0.2) is 0 Å². The van der Waals surface area contributed by atoms with E-state index in [4.69, 9.17) is 4.74 Å². The average Bonchev–Trinajstić information content (AvgIpc) is 2.71. The Morgan fingerprint density at radius 3 is 2.63 bits per heavy atom. The number of aryl methyl sites for hydroxylation is 2. The molecule has 0 unspecified atom stereocenters. The van der Waals surface area contributed by atoms with Gasteiger partial charge in [0.05, 0.1) is 6.20 Å². The van der Waals surface area contributed by atoms with Crippen molar-refractivity contribution in [3.05, 3.63) is 47.7 Å². The van der Waals surface area contributed by atoms with E-state index in [0.29, 0.717) is 5.82 Å². The van der Waals surface area contributed by atoms with Gasteiger partial charge in [-0.1, -0.05) is 30.3 Å². The third-order valence-electron chi connectivity index (χ3n) is 2.89. The van der Waals surface area contributed by atoms with Crippen molar-refractivity contribution in [2.24, 2.45) is 7.05 Å². The lowest BCUT2D eigenvalue weighted by Gasteiger charge is -2.14. The summed E-state index contributed by atoms with van der Waals surface area (Å²) in [4.78, 5) is 11.8. The van der Waals surface area contributed by atoms with Gasteiger partial charge >= 0.3 is 6.09 Å². The van der Waals surface area contributed by atoms with Gasteiger partial charge in [-0.3, -0.25) is 10.00 Å². The average molecular weight is 259 g/mol. The quantitative estimate of drug-likeness (QED) is 0.921. The molecule has 0 aliphatic carbocycles. The van der Waals surface area contributed by atoms with Crippen LogP contribution in [0, 0.1) is 6.92 Å². The van der Waals surface area contributed by atoms with Crippen LogP contribution >= 0.6 is 0 Å². The molecule has 5 heteroatoms. The summed E-state index contributed by atoms with van der Waals surface area (Å²) in [5, 5.41) is 6.75. The fourth-order valence-electron chi connectivity index (χ4n) is 1.81. The normalized spacial score (nSPS) is 11.9. The molecule has 1 heterocycles. The molecule has 0 aliphatic heterocycles. The number of benzene rings is 1. The smallest absolute Gasteiger partial charge is 0.413 e. The highest BCUT2D eigenvalue weighted by atomic mass is 16.6. The molecule has 1 N–H and O–H groups in total. The van der Waals surface area contributed by atoms with Gasteiger partial charge in [0.25, 0.3) is 0 Å². The van der Waals surface area contributed by atoms with Crippen molar-refractivity contribution in [2.45, 2.75) is 20.0 Å². The number of nitrogens with one attached hydrogen (secondary N) is 1. The number of anilines is 1. The number of hydrogen-bond acceptors (Lipinski definition) is 3. The van der Waals surface area contributed by atoms with Crippen LogP contribution in [-0.4, -0.2) is 15.9 Å². The molecule has 2 aromatic rings. The Morgan fingerprint density at radius 1 is 1.37 bits per heavy atom. The summed E-state index contributed by atoms with van der Waals surface area (Å²) in [5.74, 6) is 0.644. The second-order valence-electron chi connectivity index (χ2n) is 4.38. The first-order valence-corrected chi connectivity index (χ1v) is 6.09. The van der Waals surface area contributed by atoms with Crippen molar-refractivity contribution in [1.82, 2.24) is 9.78 Å². The molecule has 1 amide bonds. The van der Waals surface area contributed by atoms with Gasteiger partial charge in [-0.2, -0.15) is 5.10 Å². The topological polar surface area (TPSA) is 56.2 Å². The van der Waals surface area contributed by atoms with Gasteiger partial charge in [-0.15, -0.1) is 0 Å². The summed E-state index contributed by atoms with van der Waals surface area (Å²) in [6.07, 6.45) is 0.911. The van der Waals surface area contributed by atoms with Crippen molar-refractivity contribution >= 4 is 11.9 Å². The van der Waals surface area contributed by atoms with Crippen molar-refractivity contribution in [3.63, 3.8) is 0 Å². The second-order valence-corrected chi connectivity index (χ2v) is 4.38. The number of nitrogens with zero attached hydrogens (tertiary/aromatic N) is 2. The molecule has 100 valence electrons. The highest BCUT2D eigenvalue weighted by Crippen LogP contribution is 2.18. The minimum Gasteiger partial charge on any atom is -0.441 e. The third-order valence-corrected chi connectivity index (χ3v) is 2.89. The van der Waals surface area contributed by atoms with E-state index in [9.17, 15) is 4.79 Å². The van der Waals surface area contributed by atoms with Gasteiger partial charge in [0, 0.05) is 12.6 Å². The number of carbonyl (C=O) groups excluding carboxylic acids is 1. The molecule has 0 fully saturated rings. The molecule has 1 atom stereocenters. The molecule has 0 aliphatic rings. The van der Waals surface area contributed by atoms with E-state index in [1.54, 1.807) is 17.9 Å². The van der Waals surface area contributed by atoms with Crippen LogP contribution in [0.15, 0.2) is 36.5 Å². The standard InChI is InChI=1S/C14H17N3O2/c1-10-9-15-17(3)13(10)16-14(18)19-11(2)12-7-5-4-6-8-12/h4-9,11H,1-3H3,(H,16,18)/t11-/m1/s1. The number of aromatic nitrogens is 2. The van der Waals surface area contributed by atoms with E-state index in [1.807, 2.05) is 44.2 Å². The van der Waals surface area contributed by atoms with E-state index >= 15 is 0 Å². The molecule has 1 aromatic carbocycles. The largest absolute Gasteiger partial charge is 0.441 e. The maximum absolute atomic E-state index is 11.8. The lowest BCUT2D eigenvalue weighted by atomic mass is 10.1. The van der Waals surface area contributed by atoms with E-state index in [1.165, 1.54) is 0 Å².